The van der Waals surface area contributed by atoms with Gasteiger partial charge in [0.15, 0.2) is 0 Å². The van der Waals surface area contributed by atoms with E-state index in [0.717, 1.165) is 11.4 Å². The largest absolute Gasteiger partial charge is 0.447 e. The Balaban J connectivity index is 0.000000473. The molecule has 15 nitrogen and oxygen atoms in total. The maximum atomic E-state index is 12.7. The second kappa shape index (κ2) is 21.9. The van der Waals surface area contributed by atoms with Crippen molar-refractivity contribution >= 4 is 70.8 Å². The Morgan fingerprint density at radius 2 is 1.35 bits per heavy atom. The summed E-state index contributed by atoms with van der Waals surface area (Å²) < 4.78 is 21.1. The number of hydrogen-bond acceptors (Lipinski definition) is 12. The molecule has 18 heteroatoms. The van der Waals surface area contributed by atoms with Gasteiger partial charge in [0.1, 0.15) is 22.5 Å². The zero-order chi connectivity index (χ0) is 39.8. The number of thiazole rings is 1. The number of amides is 4. The van der Waals surface area contributed by atoms with Gasteiger partial charge in [-0.1, -0.05) is 12.2 Å². The number of thiocarbonyl (C=S) groups is 1. The molecule has 2 aliphatic rings. The van der Waals surface area contributed by atoms with Crippen LogP contribution in [-0.2, 0) is 23.7 Å². The summed E-state index contributed by atoms with van der Waals surface area (Å²) in [5, 5.41) is 8.38. The van der Waals surface area contributed by atoms with Gasteiger partial charge in [-0.2, -0.15) is 0 Å². The minimum absolute atomic E-state index is 0.111. The first-order valence-electron chi connectivity index (χ1n) is 17.2. The van der Waals surface area contributed by atoms with Gasteiger partial charge in [-0.15, -0.1) is 22.9 Å². The van der Waals surface area contributed by atoms with Crippen LogP contribution in [0.5, 0.6) is 0 Å². The third-order valence-electron chi connectivity index (χ3n) is 6.88. The molecule has 0 spiro atoms. The molecular formula is C34H57ClN6O9S2. The fraction of sp³-hybridized carbons (Fsp3) is 0.735. The van der Waals surface area contributed by atoms with E-state index in [1.807, 2.05) is 26.2 Å². The monoisotopic (exact) mass is 792 g/mol. The van der Waals surface area contributed by atoms with Crippen molar-refractivity contribution in [2.45, 2.75) is 142 Å². The molecule has 2 saturated heterocycles. The van der Waals surface area contributed by atoms with Gasteiger partial charge in [-0.3, -0.25) is 9.80 Å². The second-order valence-corrected chi connectivity index (χ2v) is 16.3. The number of hydrogen-bond donors (Lipinski definition) is 3. The maximum absolute atomic E-state index is 12.7. The smallest absolute Gasteiger partial charge is 0.410 e. The van der Waals surface area contributed by atoms with Gasteiger partial charge in [0.25, 0.3) is 0 Å². The Bertz CT molecular complexity index is 1310. The van der Waals surface area contributed by atoms with Gasteiger partial charge >= 0.3 is 24.4 Å². The molecule has 1 aromatic rings. The van der Waals surface area contributed by atoms with Crippen molar-refractivity contribution in [3.05, 3.63) is 16.6 Å². The van der Waals surface area contributed by atoms with Crippen molar-refractivity contribution in [1.82, 2.24) is 25.4 Å². The molecule has 52 heavy (non-hydrogen) atoms. The fourth-order valence-electron chi connectivity index (χ4n) is 5.00. The molecule has 0 bridgehead atoms. The molecule has 4 N–H and O–H groups in total. The Kier molecular flexibility index (Phi) is 19.6. The summed E-state index contributed by atoms with van der Waals surface area (Å²) in [4.78, 5) is 65.4. The first kappa shape index (κ1) is 46.6. The number of likely N-dealkylation sites (tertiary alicyclic amines) is 2. The number of alkyl carbamates (subject to hydrolysis) is 2. The lowest BCUT2D eigenvalue weighted by Gasteiger charge is -2.39. The highest BCUT2D eigenvalue weighted by Gasteiger charge is 2.38. The normalized spacial score (nSPS) is 20.2. The van der Waals surface area contributed by atoms with Crippen molar-refractivity contribution in [2.75, 3.05) is 19.0 Å². The number of aldehydes is 1. The summed E-state index contributed by atoms with van der Waals surface area (Å²) in [6.45, 7) is 18.7. The van der Waals surface area contributed by atoms with E-state index in [9.17, 15) is 19.2 Å². The number of nitrogens with one attached hydrogen (secondary N) is 2. The van der Waals surface area contributed by atoms with Crippen molar-refractivity contribution in [2.24, 2.45) is 5.73 Å². The van der Waals surface area contributed by atoms with Crippen LogP contribution in [0.2, 0.25) is 0 Å². The van der Waals surface area contributed by atoms with Crippen molar-refractivity contribution in [3.8, 4) is 0 Å². The SMILES string of the molecule is CC(C)OC(=O)N[C@@H]1CC[C@@H](C(N)=S)N(C(=O)OC(C)(C)C)C1.CC(C)OC(=O)N[C@@H]1CC[C@@H](c2nccs2)N(C(=O)OC(C)(C)C)C1.O=CCCl. The number of rotatable bonds is 7. The van der Waals surface area contributed by atoms with Crippen molar-refractivity contribution in [1.29, 1.82) is 0 Å². The lowest BCUT2D eigenvalue weighted by molar-refractivity contribution is -0.105. The zero-order valence-electron chi connectivity index (χ0n) is 31.9. The number of halogens is 1. The third-order valence-corrected chi connectivity index (χ3v) is 8.15. The highest BCUT2D eigenvalue weighted by molar-refractivity contribution is 7.80. The molecule has 296 valence electrons. The minimum atomic E-state index is -0.616. The number of nitrogens with two attached hydrogens (primary N) is 1. The first-order valence-corrected chi connectivity index (χ1v) is 19.0. The van der Waals surface area contributed by atoms with Crippen LogP contribution < -0.4 is 16.4 Å². The van der Waals surface area contributed by atoms with E-state index in [2.05, 4.69) is 15.6 Å². The number of carbonyl (C=O) groups is 5. The zero-order valence-corrected chi connectivity index (χ0v) is 34.3. The van der Waals surface area contributed by atoms with Crippen LogP contribution in [0.3, 0.4) is 0 Å². The number of aromatic nitrogens is 1. The van der Waals surface area contributed by atoms with Gasteiger partial charge in [0, 0.05) is 24.7 Å². The van der Waals surface area contributed by atoms with Gasteiger partial charge in [0.05, 0.1) is 47.2 Å². The molecule has 0 aliphatic carbocycles. The predicted octanol–water partition coefficient (Wildman–Crippen LogP) is 6.32. The molecule has 0 unspecified atom stereocenters. The first-order chi connectivity index (χ1) is 24.1. The van der Waals surface area contributed by atoms with Crippen LogP contribution in [0, 0.1) is 0 Å². The van der Waals surface area contributed by atoms with E-state index in [-0.39, 0.29) is 53.8 Å². The van der Waals surface area contributed by atoms with Gasteiger partial charge in [-0.05, 0) is 94.9 Å². The Morgan fingerprint density at radius 3 is 1.73 bits per heavy atom. The average molecular weight is 793 g/mol. The number of alkyl halides is 1. The predicted molar refractivity (Wildman–Crippen MR) is 204 cm³/mol. The standard InChI is InChI=1S/C17H27N3O4S.C15H27N3O4S.C2H3ClO/c1-11(2)23-15(21)19-12-6-7-13(14-18-8-9-25-14)20(10-12)16(22)24-17(3,4)5;1-9(2)21-13(19)17-10-6-7-11(12(16)23)18(8-10)14(20)22-15(3,4)5;3-1-2-4/h8-9,11-13H,6-7,10H2,1-5H3,(H,19,21);9-11H,6-8H2,1-5H3,(H2,16,23)(H,17,19);2H,1H2/t12-,13+;10-,11+;/m11./s1. The number of nitrogens with zero attached hydrogens (tertiary/aromatic N) is 3. The van der Waals surface area contributed by atoms with E-state index < -0.39 is 35.6 Å². The van der Waals surface area contributed by atoms with E-state index in [4.69, 9.17) is 53.3 Å². The number of carbonyl (C=O) groups excluding carboxylic acids is 5. The topological polar surface area (TPSA) is 192 Å². The summed E-state index contributed by atoms with van der Waals surface area (Å²) in [7, 11) is 0. The molecule has 2 fully saturated rings. The van der Waals surface area contributed by atoms with Crippen LogP contribution >= 0.6 is 35.2 Å². The maximum Gasteiger partial charge on any atom is 0.410 e. The van der Waals surface area contributed by atoms with Gasteiger partial charge in [-0.25, -0.2) is 24.2 Å². The lowest BCUT2D eigenvalue weighted by atomic mass is 9.98. The molecule has 3 heterocycles. The van der Waals surface area contributed by atoms with Crippen LogP contribution in [-0.4, -0.2) is 111 Å². The molecule has 1 aromatic heterocycles. The molecule has 3 rings (SSSR count). The summed E-state index contributed by atoms with van der Waals surface area (Å²) >= 11 is 11.4. The molecule has 4 atom stereocenters. The van der Waals surface area contributed by atoms with E-state index >= 15 is 0 Å². The van der Waals surface area contributed by atoms with Crippen LogP contribution in [0.4, 0.5) is 19.2 Å². The summed E-state index contributed by atoms with van der Waals surface area (Å²) in [5.41, 5.74) is 4.54. The van der Waals surface area contributed by atoms with E-state index in [1.54, 1.807) is 59.6 Å². The Labute approximate surface area is 321 Å². The second-order valence-electron chi connectivity index (χ2n) is 14.6. The molecule has 0 aromatic carbocycles. The van der Waals surface area contributed by atoms with Crippen LogP contribution in [0.25, 0.3) is 0 Å². The molecule has 0 saturated carbocycles. The third kappa shape index (κ3) is 18.4. The molecule has 4 amide bonds. The fourth-order valence-corrected chi connectivity index (χ4v) is 6.03. The molecule has 2 aliphatic heterocycles. The average Bonchev–Trinajstić information content (AvgIpc) is 3.54. The highest BCUT2D eigenvalue weighted by atomic mass is 35.5. The van der Waals surface area contributed by atoms with Crippen LogP contribution in [0.1, 0.15) is 106 Å². The Morgan fingerprint density at radius 1 is 0.904 bits per heavy atom. The number of ether oxygens (including phenoxy) is 4. The van der Waals surface area contributed by atoms with E-state index in [1.165, 1.54) is 16.2 Å². The highest BCUT2D eigenvalue weighted by Crippen LogP contribution is 2.33. The lowest BCUT2D eigenvalue weighted by Crippen LogP contribution is -2.58. The minimum Gasteiger partial charge on any atom is -0.447 e. The van der Waals surface area contributed by atoms with Crippen molar-refractivity contribution in [3.63, 3.8) is 0 Å². The molecule has 0 radical (unpaired) electrons. The van der Waals surface area contributed by atoms with E-state index in [0.29, 0.717) is 32.1 Å². The summed E-state index contributed by atoms with van der Waals surface area (Å²) in [5.74, 6) is 0.111. The van der Waals surface area contributed by atoms with Crippen molar-refractivity contribution < 1.29 is 42.9 Å². The summed E-state index contributed by atoms with van der Waals surface area (Å²) in [6, 6.07) is -0.887. The van der Waals surface area contributed by atoms with Gasteiger partial charge < -0.3 is 40.1 Å². The van der Waals surface area contributed by atoms with Gasteiger partial charge in [0.2, 0.25) is 0 Å². The quantitative estimate of drug-likeness (QED) is 0.121. The summed E-state index contributed by atoms with van der Waals surface area (Å²) in [6.07, 6.45) is 2.83. The number of piperidine rings is 2. The van der Waals surface area contributed by atoms with Crippen LogP contribution in [0.15, 0.2) is 11.6 Å². The Hall–Kier alpha value is -3.44. The molecular weight excluding hydrogens is 736 g/mol.